The number of furan rings is 1. The highest BCUT2D eigenvalue weighted by Crippen LogP contribution is 2.32. The molecule has 0 radical (unpaired) electrons. The van der Waals surface area contributed by atoms with Gasteiger partial charge in [0.05, 0.1) is 17.8 Å². The number of methoxy groups -OCH3 is 1. The van der Waals surface area contributed by atoms with Crippen LogP contribution in [0, 0.1) is 0 Å². The molecule has 0 bridgehead atoms. The van der Waals surface area contributed by atoms with Crippen molar-refractivity contribution in [1.82, 2.24) is 5.32 Å². The van der Waals surface area contributed by atoms with E-state index in [1.54, 1.807) is 42.5 Å². The fraction of sp³-hybridized carbons (Fsp3) is 0.0455. The summed E-state index contributed by atoms with van der Waals surface area (Å²) < 4.78 is 10.8. The van der Waals surface area contributed by atoms with Crippen LogP contribution in [0.25, 0.3) is 17.4 Å². The van der Waals surface area contributed by atoms with E-state index >= 15 is 0 Å². The van der Waals surface area contributed by atoms with E-state index in [-0.39, 0.29) is 17.0 Å². The topological polar surface area (TPSA) is 88.8 Å². The Labute approximate surface area is 186 Å². The Morgan fingerprint density at radius 3 is 2.42 bits per heavy atom. The van der Waals surface area contributed by atoms with Crippen LogP contribution in [0.1, 0.15) is 5.76 Å². The summed E-state index contributed by atoms with van der Waals surface area (Å²) in [4.78, 5) is 38.4. The lowest BCUT2D eigenvalue weighted by Crippen LogP contribution is -2.54. The van der Waals surface area contributed by atoms with Crippen molar-refractivity contribution in [3.63, 3.8) is 0 Å². The van der Waals surface area contributed by atoms with Crippen molar-refractivity contribution in [1.29, 1.82) is 0 Å². The van der Waals surface area contributed by atoms with Crippen LogP contribution < -0.4 is 15.0 Å². The van der Waals surface area contributed by atoms with Crippen molar-refractivity contribution in [3.8, 4) is 17.1 Å². The summed E-state index contributed by atoms with van der Waals surface area (Å²) >= 11 is 12.1. The van der Waals surface area contributed by atoms with E-state index in [0.29, 0.717) is 27.1 Å². The van der Waals surface area contributed by atoms with Gasteiger partial charge < -0.3 is 9.15 Å². The van der Waals surface area contributed by atoms with E-state index < -0.39 is 17.8 Å². The zero-order chi connectivity index (χ0) is 22.1. The minimum Gasteiger partial charge on any atom is -0.497 e. The number of urea groups is 1. The SMILES string of the molecule is COc1ccc(N2C(=O)NC(=O)C(=Cc3ccc(-c4ccc(Cl)cc4Cl)o3)C2=O)cc1. The van der Waals surface area contributed by atoms with Gasteiger partial charge in [-0.3, -0.25) is 14.9 Å². The summed E-state index contributed by atoms with van der Waals surface area (Å²) in [6.07, 6.45) is 1.27. The molecule has 1 N–H and O–H groups in total. The first kappa shape index (κ1) is 20.7. The molecule has 7 nitrogen and oxygen atoms in total. The largest absolute Gasteiger partial charge is 0.497 e. The highest BCUT2D eigenvalue weighted by molar-refractivity contribution is 6.39. The number of carbonyl (C=O) groups excluding carboxylic acids is 3. The van der Waals surface area contributed by atoms with Crippen LogP contribution in [-0.2, 0) is 9.59 Å². The first-order valence-corrected chi connectivity index (χ1v) is 9.74. The molecule has 0 atom stereocenters. The van der Waals surface area contributed by atoms with E-state index in [9.17, 15) is 14.4 Å². The molecule has 4 amide bonds. The van der Waals surface area contributed by atoms with Crippen LogP contribution in [0.4, 0.5) is 10.5 Å². The van der Waals surface area contributed by atoms with Crippen LogP contribution in [0.3, 0.4) is 0 Å². The Morgan fingerprint density at radius 2 is 1.74 bits per heavy atom. The van der Waals surface area contributed by atoms with Crippen molar-refractivity contribution in [2.75, 3.05) is 12.0 Å². The van der Waals surface area contributed by atoms with Crippen LogP contribution in [0.2, 0.25) is 10.0 Å². The zero-order valence-electron chi connectivity index (χ0n) is 16.0. The zero-order valence-corrected chi connectivity index (χ0v) is 17.5. The molecule has 1 fully saturated rings. The second-order valence-electron chi connectivity index (χ2n) is 6.48. The van der Waals surface area contributed by atoms with E-state index in [0.717, 1.165) is 4.90 Å². The third kappa shape index (κ3) is 4.05. The Morgan fingerprint density at radius 1 is 1.00 bits per heavy atom. The maximum Gasteiger partial charge on any atom is 0.335 e. The van der Waals surface area contributed by atoms with Crippen molar-refractivity contribution in [2.24, 2.45) is 0 Å². The van der Waals surface area contributed by atoms with Gasteiger partial charge in [0.2, 0.25) is 0 Å². The normalized spacial score (nSPS) is 15.4. The average molecular weight is 457 g/mol. The van der Waals surface area contributed by atoms with E-state index in [1.807, 2.05) is 0 Å². The average Bonchev–Trinajstić information content (AvgIpc) is 3.20. The molecule has 9 heteroatoms. The number of carbonyl (C=O) groups is 3. The van der Waals surface area contributed by atoms with Crippen LogP contribution >= 0.6 is 23.2 Å². The predicted octanol–water partition coefficient (Wildman–Crippen LogP) is 4.93. The highest BCUT2D eigenvalue weighted by atomic mass is 35.5. The maximum atomic E-state index is 12.9. The maximum absolute atomic E-state index is 12.9. The monoisotopic (exact) mass is 456 g/mol. The van der Waals surface area contributed by atoms with E-state index in [1.165, 1.54) is 25.3 Å². The number of anilines is 1. The van der Waals surface area contributed by atoms with Crippen molar-refractivity contribution in [2.45, 2.75) is 0 Å². The van der Waals surface area contributed by atoms with Gasteiger partial charge in [0.15, 0.2) is 0 Å². The van der Waals surface area contributed by atoms with Gasteiger partial charge in [-0.1, -0.05) is 23.2 Å². The molecule has 31 heavy (non-hydrogen) atoms. The Bertz CT molecular complexity index is 1230. The fourth-order valence-corrected chi connectivity index (χ4v) is 3.53. The third-order valence-electron chi connectivity index (χ3n) is 4.54. The predicted molar refractivity (Wildman–Crippen MR) is 116 cm³/mol. The quantitative estimate of drug-likeness (QED) is 0.444. The number of nitrogens with zero attached hydrogens (tertiary/aromatic N) is 1. The molecule has 0 aliphatic carbocycles. The second-order valence-corrected chi connectivity index (χ2v) is 7.33. The van der Waals surface area contributed by atoms with Gasteiger partial charge >= 0.3 is 6.03 Å². The first-order chi connectivity index (χ1) is 14.9. The lowest BCUT2D eigenvalue weighted by atomic mass is 10.1. The molecule has 1 aliphatic heterocycles. The lowest BCUT2D eigenvalue weighted by molar-refractivity contribution is -0.122. The number of hydrogen-bond acceptors (Lipinski definition) is 5. The van der Waals surface area contributed by atoms with Gasteiger partial charge in [0.1, 0.15) is 22.8 Å². The van der Waals surface area contributed by atoms with E-state index in [4.69, 9.17) is 32.4 Å². The third-order valence-corrected chi connectivity index (χ3v) is 5.09. The van der Waals surface area contributed by atoms with Gasteiger partial charge in [-0.05, 0) is 60.7 Å². The molecule has 0 unspecified atom stereocenters. The number of benzene rings is 2. The molecule has 2 aromatic carbocycles. The number of nitrogens with one attached hydrogen (secondary N) is 1. The van der Waals surface area contributed by atoms with Crippen molar-refractivity contribution >= 4 is 52.8 Å². The Balaban J connectivity index is 1.66. The number of halogens is 2. The molecule has 0 spiro atoms. The van der Waals surface area contributed by atoms with E-state index in [2.05, 4.69) is 5.32 Å². The number of rotatable bonds is 4. The van der Waals surface area contributed by atoms with Gasteiger partial charge in [-0.25, -0.2) is 9.69 Å². The van der Waals surface area contributed by atoms with Gasteiger partial charge in [0, 0.05) is 10.6 Å². The Hall–Kier alpha value is -3.55. The number of barbiturate groups is 1. The standard InChI is InChI=1S/C22H14Cl2N2O5/c1-30-14-5-3-13(4-6-14)26-21(28)17(20(27)25-22(26)29)11-15-7-9-19(31-15)16-8-2-12(23)10-18(16)24/h2-11H,1H3,(H,25,27,29). The van der Waals surface area contributed by atoms with Gasteiger partial charge in [-0.15, -0.1) is 0 Å². The Kier molecular flexibility index (Phi) is 5.54. The van der Waals surface area contributed by atoms with Crippen LogP contribution in [0.5, 0.6) is 5.75 Å². The first-order valence-electron chi connectivity index (χ1n) is 8.98. The lowest BCUT2D eigenvalue weighted by Gasteiger charge is -2.26. The molecular formula is C22H14Cl2N2O5. The molecule has 3 aromatic rings. The number of amides is 4. The molecule has 1 aliphatic rings. The highest BCUT2D eigenvalue weighted by Gasteiger charge is 2.37. The van der Waals surface area contributed by atoms with Gasteiger partial charge in [0.25, 0.3) is 11.8 Å². The summed E-state index contributed by atoms with van der Waals surface area (Å²) in [5, 5.41) is 3.04. The fourth-order valence-electron chi connectivity index (χ4n) is 3.03. The second kappa shape index (κ2) is 8.29. The molecule has 2 heterocycles. The minimum atomic E-state index is -0.842. The summed E-state index contributed by atoms with van der Waals surface area (Å²) in [6, 6.07) is 13.6. The summed E-state index contributed by atoms with van der Waals surface area (Å²) in [5.74, 6) is -0.364. The number of hydrogen-bond donors (Lipinski definition) is 1. The number of imide groups is 2. The molecule has 4 rings (SSSR count). The van der Waals surface area contributed by atoms with Crippen molar-refractivity contribution < 1.29 is 23.5 Å². The molecular weight excluding hydrogens is 443 g/mol. The van der Waals surface area contributed by atoms with Crippen molar-refractivity contribution in [3.05, 3.63) is 76.0 Å². The molecule has 1 aromatic heterocycles. The summed E-state index contributed by atoms with van der Waals surface area (Å²) in [7, 11) is 1.50. The van der Waals surface area contributed by atoms with Crippen LogP contribution in [-0.4, -0.2) is 25.0 Å². The minimum absolute atomic E-state index is 0.239. The molecule has 0 saturated carbocycles. The summed E-state index contributed by atoms with van der Waals surface area (Å²) in [6.45, 7) is 0. The smallest absolute Gasteiger partial charge is 0.335 e. The molecule has 1 saturated heterocycles. The molecule has 156 valence electrons. The van der Waals surface area contributed by atoms with Gasteiger partial charge in [-0.2, -0.15) is 0 Å². The van der Waals surface area contributed by atoms with Crippen LogP contribution in [0.15, 0.2) is 64.6 Å². The number of ether oxygens (including phenoxy) is 1. The summed E-state index contributed by atoms with van der Waals surface area (Å²) in [5.41, 5.74) is 0.637.